The van der Waals surface area contributed by atoms with E-state index in [0.29, 0.717) is 5.92 Å². The number of fused-ring (bicyclic) bond motifs is 1. The first-order chi connectivity index (χ1) is 5.06. The molecule has 0 aromatic rings. The van der Waals surface area contributed by atoms with Gasteiger partial charge in [-0.25, -0.2) is 8.42 Å². The van der Waals surface area contributed by atoms with Crippen LogP contribution in [0.5, 0.6) is 0 Å². The molecule has 1 aliphatic heterocycles. The number of rotatable bonds is 1. The molecule has 64 valence electrons. The molecular formula is C7H13NO2S. The Balaban J connectivity index is 2.27. The van der Waals surface area contributed by atoms with Crippen molar-refractivity contribution in [3.05, 3.63) is 0 Å². The first-order valence-electron chi connectivity index (χ1n) is 4.01. The van der Waals surface area contributed by atoms with Crippen molar-refractivity contribution in [3.8, 4) is 0 Å². The van der Waals surface area contributed by atoms with Gasteiger partial charge in [-0.1, -0.05) is 0 Å². The molecule has 2 atom stereocenters. The van der Waals surface area contributed by atoms with E-state index in [2.05, 4.69) is 5.32 Å². The van der Waals surface area contributed by atoms with Crippen LogP contribution in [0.2, 0.25) is 0 Å². The smallest absolute Gasteiger partial charge is 0.166 e. The Labute approximate surface area is 67.1 Å². The Morgan fingerprint density at radius 3 is 2.73 bits per heavy atom. The van der Waals surface area contributed by atoms with Crippen molar-refractivity contribution >= 4 is 9.84 Å². The third-order valence-corrected chi connectivity index (χ3v) is 4.83. The van der Waals surface area contributed by atoms with Gasteiger partial charge in [0.1, 0.15) is 4.87 Å². The highest BCUT2D eigenvalue weighted by atomic mass is 32.2. The quantitative estimate of drug-likeness (QED) is 0.616. The Kier molecular flexibility index (Phi) is 1.36. The Hall–Kier alpha value is -0.0900. The first-order valence-corrected chi connectivity index (χ1v) is 5.90. The predicted molar refractivity (Wildman–Crippen MR) is 42.9 cm³/mol. The third-order valence-electron chi connectivity index (χ3n) is 2.86. The van der Waals surface area contributed by atoms with Crippen LogP contribution < -0.4 is 5.32 Å². The summed E-state index contributed by atoms with van der Waals surface area (Å²) in [6, 6.07) is 0. The summed E-state index contributed by atoms with van der Waals surface area (Å²) in [5, 5.41) is 3.12. The maximum atomic E-state index is 11.3. The molecule has 1 saturated heterocycles. The van der Waals surface area contributed by atoms with E-state index in [-0.39, 0.29) is 0 Å². The highest BCUT2D eigenvalue weighted by molar-refractivity contribution is 7.92. The number of hydrogen-bond acceptors (Lipinski definition) is 3. The maximum Gasteiger partial charge on any atom is 0.166 e. The second-order valence-corrected chi connectivity index (χ2v) is 5.90. The van der Waals surface area contributed by atoms with E-state index >= 15 is 0 Å². The zero-order chi connectivity index (χ0) is 8.11. The van der Waals surface area contributed by atoms with Crippen molar-refractivity contribution in [2.75, 3.05) is 12.8 Å². The summed E-state index contributed by atoms with van der Waals surface area (Å²) in [5.74, 6) is 0.409. The SMILES string of the molecule is CS(=O)(=O)C12CC1CCCN2. The van der Waals surface area contributed by atoms with Gasteiger partial charge in [-0.3, -0.25) is 5.32 Å². The first kappa shape index (κ1) is 7.55. The Morgan fingerprint density at radius 2 is 2.27 bits per heavy atom. The van der Waals surface area contributed by atoms with Gasteiger partial charge < -0.3 is 0 Å². The van der Waals surface area contributed by atoms with Gasteiger partial charge in [0.25, 0.3) is 0 Å². The van der Waals surface area contributed by atoms with Crippen LogP contribution in [-0.4, -0.2) is 26.1 Å². The van der Waals surface area contributed by atoms with E-state index in [4.69, 9.17) is 0 Å². The van der Waals surface area contributed by atoms with E-state index in [9.17, 15) is 8.42 Å². The van der Waals surface area contributed by atoms with Gasteiger partial charge >= 0.3 is 0 Å². The molecule has 1 N–H and O–H groups in total. The minimum Gasteiger partial charge on any atom is -0.298 e. The molecule has 3 nitrogen and oxygen atoms in total. The third kappa shape index (κ3) is 0.924. The van der Waals surface area contributed by atoms with Crippen molar-refractivity contribution in [3.63, 3.8) is 0 Å². The number of nitrogens with one attached hydrogen (secondary N) is 1. The average molecular weight is 175 g/mol. The fourth-order valence-corrected chi connectivity index (χ4v) is 3.68. The predicted octanol–water partition coefficient (Wildman–Crippen LogP) is 0.131. The maximum absolute atomic E-state index is 11.3. The van der Waals surface area contributed by atoms with Crippen molar-refractivity contribution in [1.29, 1.82) is 0 Å². The zero-order valence-electron chi connectivity index (χ0n) is 6.63. The van der Waals surface area contributed by atoms with Crippen molar-refractivity contribution in [2.45, 2.75) is 24.1 Å². The lowest BCUT2D eigenvalue weighted by Crippen LogP contribution is -2.43. The van der Waals surface area contributed by atoms with E-state index in [1.807, 2.05) is 0 Å². The van der Waals surface area contributed by atoms with Crippen LogP contribution in [0.1, 0.15) is 19.3 Å². The number of piperidine rings is 1. The lowest BCUT2D eigenvalue weighted by atomic mass is 10.2. The molecule has 0 bridgehead atoms. The van der Waals surface area contributed by atoms with Crippen LogP contribution in [0.3, 0.4) is 0 Å². The van der Waals surface area contributed by atoms with E-state index in [1.165, 1.54) is 6.26 Å². The molecule has 4 heteroatoms. The molecule has 1 saturated carbocycles. The lowest BCUT2D eigenvalue weighted by molar-refractivity contribution is 0.453. The van der Waals surface area contributed by atoms with Crippen molar-refractivity contribution in [2.24, 2.45) is 5.92 Å². The largest absolute Gasteiger partial charge is 0.298 e. The number of hydrogen-bond donors (Lipinski definition) is 1. The van der Waals surface area contributed by atoms with E-state index in [0.717, 1.165) is 25.8 Å². The molecule has 11 heavy (non-hydrogen) atoms. The standard InChI is InChI=1S/C7H13NO2S/c1-11(9,10)7-5-6(7)3-2-4-8-7/h6,8H,2-5H2,1H3. The van der Waals surface area contributed by atoms with Crippen LogP contribution in [0.25, 0.3) is 0 Å². The molecule has 1 aliphatic carbocycles. The summed E-state index contributed by atoms with van der Waals surface area (Å²) in [6.07, 6.45) is 4.39. The van der Waals surface area contributed by atoms with Gasteiger partial charge in [0.15, 0.2) is 9.84 Å². The van der Waals surface area contributed by atoms with Crippen LogP contribution in [0, 0.1) is 5.92 Å². The minimum atomic E-state index is -2.86. The van der Waals surface area contributed by atoms with Crippen molar-refractivity contribution in [1.82, 2.24) is 5.32 Å². The fourth-order valence-electron chi connectivity index (χ4n) is 2.09. The molecular weight excluding hydrogens is 162 g/mol. The van der Waals surface area contributed by atoms with Gasteiger partial charge in [-0.15, -0.1) is 0 Å². The molecule has 2 rings (SSSR count). The molecule has 0 aromatic heterocycles. The summed E-state index contributed by atoms with van der Waals surface area (Å²) in [4.78, 5) is -0.495. The Morgan fingerprint density at radius 1 is 1.55 bits per heavy atom. The highest BCUT2D eigenvalue weighted by Crippen LogP contribution is 2.51. The summed E-state index contributed by atoms with van der Waals surface area (Å²) >= 11 is 0. The van der Waals surface area contributed by atoms with Gasteiger partial charge in [-0.05, 0) is 31.7 Å². The van der Waals surface area contributed by atoms with Crippen molar-refractivity contribution < 1.29 is 8.42 Å². The molecule has 2 unspecified atom stereocenters. The molecule has 2 fully saturated rings. The minimum absolute atomic E-state index is 0.409. The summed E-state index contributed by atoms with van der Waals surface area (Å²) in [5.41, 5.74) is 0. The molecule has 0 amide bonds. The lowest BCUT2D eigenvalue weighted by Gasteiger charge is -2.21. The molecule has 1 heterocycles. The second-order valence-electron chi connectivity index (χ2n) is 3.63. The van der Waals surface area contributed by atoms with Gasteiger partial charge in [-0.2, -0.15) is 0 Å². The number of sulfone groups is 1. The monoisotopic (exact) mass is 175 g/mol. The van der Waals surface area contributed by atoms with Crippen LogP contribution in [0.15, 0.2) is 0 Å². The van der Waals surface area contributed by atoms with Gasteiger partial charge in [0.05, 0.1) is 0 Å². The van der Waals surface area contributed by atoms with Crippen LogP contribution in [0.4, 0.5) is 0 Å². The normalized spacial score (nSPS) is 43.2. The zero-order valence-corrected chi connectivity index (χ0v) is 7.45. The van der Waals surface area contributed by atoms with E-state index < -0.39 is 14.7 Å². The highest BCUT2D eigenvalue weighted by Gasteiger charge is 2.62. The molecule has 0 aromatic carbocycles. The topological polar surface area (TPSA) is 46.2 Å². The van der Waals surface area contributed by atoms with Crippen LogP contribution in [-0.2, 0) is 9.84 Å². The Bertz CT molecular complexity index is 272. The molecule has 0 radical (unpaired) electrons. The summed E-state index contributed by atoms with van der Waals surface area (Å²) in [7, 11) is -2.86. The molecule has 2 aliphatic rings. The molecule has 0 spiro atoms. The van der Waals surface area contributed by atoms with E-state index in [1.54, 1.807) is 0 Å². The summed E-state index contributed by atoms with van der Waals surface area (Å²) in [6.45, 7) is 0.865. The average Bonchev–Trinajstić information content (AvgIpc) is 2.59. The van der Waals surface area contributed by atoms with Gasteiger partial charge in [0.2, 0.25) is 0 Å². The fraction of sp³-hybridized carbons (Fsp3) is 1.00. The van der Waals surface area contributed by atoms with Gasteiger partial charge in [0, 0.05) is 6.26 Å². The van der Waals surface area contributed by atoms with Crippen LogP contribution >= 0.6 is 0 Å². The second kappa shape index (κ2) is 1.98. The summed E-state index contributed by atoms with van der Waals surface area (Å²) < 4.78 is 22.6.